The van der Waals surface area contributed by atoms with Crippen LogP contribution in [0.4, 0.5) is 0 Å². The monoisotopic (exact) mass is 613 g/mol. The molecule has 0 radical (unpaired) electrons. The summed E-state index contributed by atoms with van der Waals surface area (Å²) in [5.41, 5.74) is 9.91. The molecule has 9 aromatic rings. The number of aliphatic imine (C=N–C) groups is 1. The fourth-order valence-corrected chi connectivity index (χ4v) is 7.00. The minimum atomic E-state index is 0.580. The second-order valence-corrected chi connectivity index (χ2v) is 12.2. The molecule has 0 saturated carbocycles. The summed E-state index contributed by atoms with van der Waals surface area (Å²) in [7, 11) is 0. The van der Waals surface area contributed by atoms with Crippen molar-refractivity contribution in [2.24, 2.45) is 4.99 Å². The summed E-state index contributed by atoms with van der Waals surface area (Å²) in [6, 6.07) is 58.2. The van der Waals surface area contributed by atoms with Gasteiger partial charge in [-0.05, 0) is 73.3 Å². The Bertz CT molecular complexity index is 2540. The normalized spacial score (nSPS) is 11.4. The van der Waals surface area contributed by atoms with Crippen molar-refractivity contribution in [3.63, 3.8) is 0 Å². The molecule has 0 spiro atoms. The second kappa shape index (κ2) is 11.8. The Morgan fingerprint density at radius 2 is 1.06 bits per heavy atom. The van der Waals surface area contributed by atoms with Gasteiger partial charge in [-0.1, -0.05) is 140 Å². The molecule has 0 N–H and O–H groups in total. The van der Waals surface area contributed by atoms with Crippen molar-refractivity contribution in [2.75, 3.05) is 0 Å². The van der Waals surface area contributed by atoms with Crippen LogP contribution >= 0.6 is 0 Å². The highest BCUT2D eigenvalue weighted by Gasteiger charge is 2.15. The third-order valence-corrected chi connectivity index (χ3v) is 9.33. The molecular weight excluding hydrogens is 583 g/mol. The van der Waals surface area contributed by atoms with Crippen molar-refractivity contribution in [3.8, 4) is 22.4 Å². The first-order valence-corrected chi connectivity index (χ1v) is 16.4. The fraction of sp³-hybridized carbons (Fsp3) is 0.0222. The van der Waals surface area contributed by atoms with Gasteiger partial charge in [-0.2, -0.15) is 0 Å². The molecule has 0 atom stereocenters. The maximum absolute atomic E-state index is 5.29. The predicted octanol–water partition coefficient (Wildman–Crippen LogP) is 11.2. The Labute approximate surface area is 279 Å². The summed E-state index contributed by atoms with van der Waals surface area (Å²) in [6.45, 7) is 0.580. The summed E-state index contributed by atoms with van der Waals surface area (Å²) in [5.74, 6) is 0. The van der Waals surface area contributed by atoms with E-state index < -0.39 is 0 Å². The molecule has 0 aliphatic rings. The van der Waals surface area contributed by atoms with Gasteiger partial charge in [0.1, 0.15) is 5.65 Å². The molecule has 7 aromatic carbocycles. The van der Waals surface area contributed by atoms with Crippen LogP contribution in [-0.2, 0) is 6.54 Å². The number of aromatic nitrogens is 2. The lowest BCUT2D eigenvalue weighted by Gasteiger charge is -2.16. The van der Waals surface area contributed by atoms with Crippen molar-refractivity contribution < 1.29 is 0 Å². The highest BCUT2D eigenvalue weighted by molar-refractivity contribution is 6.21. The van der Waals surface area contributed by atoms with Gasteiger partial charge in [-0.15, -0.1) is 0 Å². The molecule has 48 heavy (non-hydrogen) atoms. The second-order valence-electron chi connectivity index (χ2n) is 12.2. The Kier molecular flexibility index (Phi) is 6.87. The third-order valence-electron chi connectivity index (χ3n) is 9.33. The summed E-state index contributed by atoms with van der Waals surface area (Å²) >= 11 is 0. The lowest BCUT2D eigenvalue weighted by Crippen LogP contribution is -2.04. The first kappa shape index (κ1) is 27.9. The van der Waals surface area contributed by atoms with Crippen LogP contribution in [0.15, 0.2) is 181 Å². The molecule has 2 heterocycles. The van der Waals surface area contributed by atoms with Gasteiger partial charge in [0.15, 0.2) is 0 Å². The van der Waals surface area contributed by atoms with E-state index in [1.165, 1.54) is 49.0 Å². The number of hydrogen-bond acceptors (Lipinski definition) is 2. The first-order chi connectivity index (χ1) is 23.8. The smallest absolute Gasteiger partial charge is 0.137 e. The van der Waals surface area contributed by atoms with Crippen LogP contribution in [0.25, 0.3) is 60.3 Å². The number of fused-ring (bicyclic) bond motifs is 6. The van der Waals surface area contributed by atoms with E-state index in [4.69, 9.17) is 9.98 Å². The van der Waals surface area contributed by atoms with Gasteiger partial charge in [-0.3, -0.25) is 4.99 Å². The molecule has 0 amide bonds. The standard InChI is InChI=1S/C45H31N3/c1-3-13-33(14-4-1)45(34-15-5-2-6-16-34)46-29-35-27-41-39-20-10-9-19-38(39)40(28-42(41)37-18-8-7-17-36(35)37)31-22-24-32(25-23-31)43-30-48-26-12-11-21-44(48)47-43/h1-28,30H,29H2. The lowest BCUT2D eigenvalue weighted by molar-refractivity contribution is 1.08. The topological polar surface area (TPSA) is 29.7 Å². The van der Waals surface area contributed by atoms with Crippen molar-refractivity contribution in [2.45, 2.75) is 6.54 Å². The van der Waals surface area contributed by atoms with Crippen LogP contribution in [-0.4, -0.2) is 15.1 Å². The maximum Gasteiger partial charge on any atom is 0.137 e. The maximum atomic E-state index is 5.29. The van der Waals surface area contributed by atoms with Crippen LogP contribution in [0.3, 0.4) is 0 Å². The minimum Gasteiger partial charge on any atom is -0.306 e. The molecule has 3 nitrogen and oxygen atoms in total. The van der Waals surface area contributed by atoms with E-state index in [2.05, 4.69) is 156 Å². The highest BCUT2D eigenvalue weighted by Crippen LogP contribution is 2.40. The Balaban J connectivity index is 1.19. The van der Waals surface area contributed by atoms with E-state index in [1.54, 1.807) is 0 Å². The SMILES string of the molecule is c1ccc(C(=NCc2cc3c4ccccc4c(-c4ccc(-c5cn6ccccc6n5)cc4)cc3c3ccccc23)c2ccccc2)cc1. The zero-order valence-electron chi connectivity index (χ0n) is 26.3. The van der Waals surface area contributed by atoms with E-state index in [0.717, 1.165) is 33.7 Å². The Morgan fingerprint density at radius 3 is 1.75 bits per heavy atom. The van der Waals surface area contributed by atoms with E-state index in [9.17, 15) is 0 Å². The minimum absolute atomic E-state index is 0.580. The summed E-state index contributed by atoms with van der Waals surface area (Å²) in [5, 5.41) is 7.47. The van der Waals surface area contributed by atoms with Crippen molar-refractivity contribution in [1.29, 1.82) is 0 Å². The number of rotatable bonds is 6. The first-order valence-electron chi connectivity index (χ1n) is 16.4. The highest BCUT2D eigenvalue weighted by atomic mass is 15.0. The van der Waals surface area contributed by atoms with Crippen molar-refractivity contribution >= 4 is 43.7 Å². The van der Waals surface area contributed by atoms with Gasteiger partial charge < -0.3 is 4.40 Å². The molecule has 3 heteroatoms. The lowest BCUT2D eigenvalue weighted by atomic mass is 9.89. The molecule has 0 bridgehead atoms. The molecule has 9 rings (SSSR count). The molecular formula is C45H31N3. The van der Waals surface area contributed by atoms with Crippen LogP contribution in [0.1, 0.15) is 16.7 Å². The predicted molar refractivity (Wildman–Crippen MR) is 201 cm³/mol. The summed E-state index contributed by atoms with van der Waals surface area (Å²) in [4.78, 5) is 10.1. The molecule has 0 aliphatic carbocycles. The third kappa shape index (κ3) is 4.94. The number of benzene rings is 7. The van der Waals surface area contributed by atoms with E-state index in [-0.39, 0.29) is 0 Å². The zero-order valence-corrected chi connectivity index (χ0v) is 26.3. The van der Waals surface area contributed by atoms with Crippen molar-refractivity contribution in [1.82, 2.24) is 9.38 Å². The van der Waals surface area contributed by atoms with Crippen LogP contribution in [0, 0.1) is 0 Å². The quantitative estimate of drug-likeness (QED) is 0.136. The average molecular weight is 614 g/mol. The van der Waals surface area contributed by atoms with Gasteiger partial charge in [0.2, 0.25) is 0 Å². The van der Waals surface area contributed by atoms with Crippen LogP contribution < -0.4 is 0 Å². The molecule has 0 unspecified atom stereocenters. The molecule has 0 fully saturated rings. The molecule has 0 saturated heterocycles. The number of hydrogen-bond donors (Lipinski definition) is 0. The Hall–Kier alpha value is -6.32. The zero-order chi connectivity index (χ0) is 31.9. The van der Waals surface area contributed by atoms with Gasteiger partial charge in [0, 0.05) is 29.1 Å². The number of pyridine rings is 1. The fourth-order valence-electron chi connectivity index (χ4n) is 7.00. The van der Waals surface area contributed by atoms with E-state index >= 15 is 0 Å². The Morgan fingerprint density at radius 1 is 0.500 bits per heavy atom. The van der Waals surface area contributed by atoms with E-state index in [0.29, 0.717) is 6.54 Å². The van der Waals surface area contributed by atoms with Gasteiger partial charge in [0.05, 0.1) is 18.0 Å². The van der Waals surface area contributed by atoms with Gasteiger partial charge in [0.25, 0.3) is 0 Å². The largest absolute Gasteiger partial charge is 0.306 e. The van der Waals surface area contributed by atoms with E-state index in [1.807, 2.05) is 24.4 Å². The molecule has 226 valence electrons. The van der Waals surface area contributed by atoms with Gasteiger partial charge in [-0.25, -0.2) is 4.98 Å². The molecule has 0 aliphatic heterocycles. The summed E-state index contributed by atoms with van der Waals surface area (Å²) in [6.07, 6.45) is 4.13. The molecule has 2 aromatic heterocycles. The number of imidazole rings is 1. The van der Waals surface area contributed by atoms with Crippen LogP contribution in [0.2, 0.25) is 0 Å². The number of nitrogens with zero attached hydrogens (tertiary/aromatic N) is 3. The van der Waals surface area contributed by atoms with Crippen LogP contribution in [0.5, 0.6) is 0 Å². The summed E-state index contributed by atoms with van der Waals surface area (Å²) < 4.78 is 2.06. The van der Waals surface area contributed by atoms with Gasteiger partial charge >= 0.3 is 0 Å². The average Bonchev–Trinajstić information content (AvgIpc) is 3.60. The van der Waals surface area contributed by atoms with Crippen molar-refractivity contribution in [3.05, 3.63) is 193 Å².